The summed E-state index contributed by atoms with van der Waals surface area (Å²) in [5, 5.41) is 8.16. The second kappa shape index (κ2) is 9.95. The van der Waals surface area contributed by atoms with E-state index in [0.29, 0.717) is 35.2 Å². The van der Waals surface area contributed by atoms with Crippen LogP contribution in [0.15, 0.2) is 66.7 Å². The average Bonchev–Trinajstić information content (AvgIpc) is 3.46. The molecule has 1 unspecified atom stereocenters. The molecular weight excluding hydrogens is 478 g/mol. The summed E-state index contributed by atoms with van der Waals surface area (Å²) in [6, 6.07) is 20.8. The molecule has 4 aromatic rings. The van der Waals surface area contributed by atoms with Crippen LogP contribution in [0.1, 0.15) is 33.2 Å². The number of amides is 1. The number of benzene rings is 3. The number of nitrogens with zero attached hydrogens (tertiary/aromatic N) is 2. The highest BCUT2D eigenvalue weighted by Gasteiger charge is 2.42. The van der Waals surface area contributed by atoms with E-state index in [4.69, 9.17) is 25.8 Å². The lowest BCUT2D eigenvalue weighted by Crippen LogP contribution is -2.31. The van der Waals surface area contributed by atoms with Crippen molar-refractivity contribution in [3.63, 3.8) is 0 Å². The highest BCUT2D eigenvalue weighted by molar-refractivity contribution is 6.30. The molecular formula is C28H26ClN3O4. The highest BCUT2D eigenvalue weighted by Crippen LogP contribution is 2.44. The Bertz CT molecular complexity index is 1380. The Morgan fingerprint density at radius 1 is 0.917 bits per heavy atom. The third-order valence-corrected chi connectivity index (χ3v) is 6.76. The van der Waals surface area contributed by atoms with Crippen LogP contribution in [0.2, 0.25) is 5.02 Å². The van der Waals surface area contributed by atoms with Crippen molar-refractivity contribution in [1.29, 1.82) is 0 Å². The number of rotatable bonds is 8. The van der Waals surface area contributed by atoms with Crippen LogP contribution in [-0.2, 0) is 6.42 Å². The van der Waals surface area contributed by atoms with E-state index in [2.05, 4.69) is 10.2 Å². The molecule has 0 saturated heterocycles. The SMILES string of the molecule is COc1ccc(CCN2C(=O)c3[nH]nc(-c4ccc(Cl)cc4)c3C2c2ccc(OC)c(OC)c2)cc1. The van der Waals surface area contributed by atoms with Gasteiger partial charge in [0.25, 0.3) is 5.91 Å². The molecule has 0 spiro atoms. The van der Waals surface area contributed by atoms with Gasteiger partial charge in [-0.05, 0) is 53.9 Å². The van der Waals surface area contributed by atoms with Crippen molar-refractivity contribution in [2.75, 3.05) is 27.9 Å². The first-order valence-corrected chi connectivity index (χ1v) is 11.9. The van der Waals surface area contributed by atoms with Gasteiger partial charge in [-0.1, -0.05) is 41.9 Å². The molecule has 1 aliphatic heterocycles. The Morgan fingerprint density at radius 2 is 1.64 bits per heavy atom. The van der Waals surface area contributed by atoms with E-state index in [9.17, 15) is 4.79 Å². The van der Waals surface area contributed by atoms with Crippen molar-refractivity contribution in [2.24, 2.45) is 0 Å². The van der Waals surface area contributed by atoms with Crippen molar-refractivity contribution in [2.45, 2.75) is 12.5 Å². The van der Waals surface area contributed by atoms with Crippen LogP contribution >= 0.6 is 11.6 Å². The minimum absolute atomic E-state index is 0.0917. The van der Waals surface area contributed by atoms with E-state index in [1.807, 2.05) is 71.6 Å². The summed E-state index contributed by atoms with van der Waals surface area (Å²) in [7, 11) is 4.85. The fraction of sp³-hybridized carbons (Fsp3) is 0.214. The molecule has 1 N–H and O–H groups in total. The number of H-pyrrole nitrogens is 1. The molecule has 1 amide bonds. The van der Waals surface area contributed by atoms with Gasteiger partial charge < -0.3 is 19.1 Å². The number of carbonyl (C=O) groups is 1. The first kappa shape index (κ1) is 23.8. The van der Waals surface area contributed by atoms with Crippen LogP contribution < -0.4 is 14.2 Å². The lowest BCUT2D eigenvalue weighted by molar-refractivity contribution is 0.0745. The van der Waals surface area contributed by atoms with Gasteiger partial charge in [-0.2, -0.15) is 5.10 Å². The fourth-order valence-corrected chi connectivity index (χ4v) is 4.79. The van der Waals surface area contributed by atoms with Gasteiger partial charge in [0, 0.05) is 22.7 Å². The number of ether oxygens (including phenoxy) is 3. The summed E-state index contributed by atoms with van der Waals surface area (Å²) in [6.45, 7) is 0.521. The second-order valence-electron chi connectivity index (χ2n) is 8.48. The smallest absolute Gasteiger partial charge is 0.273 e. The molecule has 184 valence electrons. The van der Waals surface area contributed by atoms with Gasteiger partial charge in [0.15, 0.2) is 11.5 Å². The van der Waals surface area contributed by atoms with E-state index in [-0.39, 0.29) is 11.9 Å². The number of methoxy groups -OCH3 is 3. The summed E-state index contributed by atoms with van der Waals surface area (Å²) >= 11 is 6.12. The lowest BCUT2D eigenvalue weighted by Gasteiger charge is -2.27. The van der Waals surface area contributed by atoms with Gasteiger partial charge in [-0.25, -0.2) is 0 Å². The van der Waals surface area contributed by atoms with Crippen molar-refractivity contribution in [3.8, 4) is 28.5 Å². The van der Waals surface area contributed by atoms with Crippen molar-refractivity contribution >= 4 is 17.5 Å². The maximum absolute atomic E-state index is 13.6. The van der Waals surface area contributed by atoms with Crippen LogP contribution in [0.3, 0.4) is 0 Å². The number of aromatic nitrogens is 2. The van der Waals surface area contributed by atoms with E-state index in [1.165, 1.54) is 0 Å². The topological polar surface area (TPSA) is 76.7 Å². The van der Waals surface area contributed by atoms with Gasteiger partial charge in [0.05, 0.1) is 33.1 Å². The molecule has 0 radical (unpaired) electrons. The van der Waals surface area contributed by atoms with Gasteiger partial charge >= 0.3 is 0 Å². The molecule has 3 aromatic carbocycles. The normalized spacial score (nSPS) is 14.6. The number of fused-ring (bicyclic) bond motifs is 1. The Kier molecular flexibility index (Phi) is 6.57. The third-order valence-electron chi connectivity index (χ3n) is 6.51. The number of halogens is 1. The molecule has 0 saturated carbocycles. The molecule has 1 aromatic heterocycles. The van der Waals surface area contributed by atoms with E-state index >= 15 is 0 Å². The molecule has 0 fully saturated rings. The quantitative estimate of drug-likeness (QED) is 0.341. The van der Waals surface area contributed by atoms with Crippen LogP contribution in [0.4, 0.5) is 0 Å². The number of hydrogen-bond acceptors (Lipinski definition) is 5. The molecule has 8 heteroatoms. The first-order valence-electron chi connectivity index (χ1n) is 11.5. The Morgan fingerprint density at radius 3 is 2.31 bits per heavy atom. The number of nitrogens with one attached hydrogen (secondary N) is 1. The Hall–Kier alpha value is -3.97. The van der Waals surface area contributed by atoms with Gasteiger partial charge in [0.2, 0.25) is 0 Å². The largest absolute Gasteiger partial charge is 0.497 e. The van der Waals surface area contributed by atoms with Crippen LogP contribution in [0.25, 0.3) is 11.3 Å². The second-order valence-corrected chi connectivity index (χ2v) is 8.92. The summed E-state index contributed by atoms with van der Waals surface area (Å²) in [5.74, 6) is 1.93. The fourth-order valence-electron chi connectivity index (χ4n) is 4.67. The van der Waals surface area contributed by atoms with Crippen molar-refractivity contribution in [1.82, 2.24) is 15.1 Å². The minimum atomic E-state index is -0.352. The highest BCUT2D eigenvalue weighted by atomic mass is 35.5. The maximum Gasteiger partial charge on any atom is 0.273 e. The summed E-state index contributed by atoms with van der Waals surface area (Å²) < 4.78 is 16.3. The van der Waals surface area contributed by atoms with Gasteiger partial charge in [0.1, 0.15) is 11.4 Å². The maximum atomic E-state index is 13.6. The summed E-state index contributed by atoms with van der Waals surface area (Å²) in [4.78, 5) is 15.5. The first-order chi connectivity index (χ1) is 17.5. The summed E-state index contributed by atoms with van der Waals surface area (Å²) in [6.07, 6.45) is 0.688. The Labute approximate surface area is 214 Å². The Balaban J connectivity index is 1.56. The average molecular weight is 504 g/mol. The molecule has 5 rings (SSSR count). The molecule has 2 heterocycles. The van der Waals surface area contributed by atoms with Crippen molar-refractivity contribution in [3.05, 3.63) is 94.1 Å². The standard InChI is InChI=1S/C28H26ClN3O4/c1-34-21-11-4-17(5-12-21)14-15-32-27(19-8-13-22(35-2)23(16-19)36-3)24-25(30-31-26(24)28(32)33)18-6-9-20(29)10-7-18/h4-13,16,27H,14-15H2,1-3H3,(H,30,31). The number of hydrogen-bond donors (Lipinski definition) is 1. The lowest BCUT2D eigenvalue weighted by atomic mass is 9.95. The predicted molar refractivity (Wildman–Crippen MR) is 138 cm³/mol. The zero-order chi connectivity index (χ0) is 25.2. The predicted octanol–water partition coefficient (Wildman–Crippen LogP) is 5.54. The van der Waals surface area contributed by atoms with E-state index < -0.39 is 0 Å². The number of carbonyl (C=O) groups excluding carboxylic acids is 1. The van der Waals surface area contributed by atoms with E-state index in [0.717, 1.165) is 33.7 Å². The monoisotopic (exact) mass is 503 g/mol. The zero-order valence-corrected chi connectivity index (χ0v) is 21.0. The van der Waals surface area contributed by atoms with Crippen molar-refractivity contribution < 1.29 is 19.0 Å². The molecule has 7 nitrogen and oxygen atoms in total. The molecule has 36 heavy (non-hydrogen) atoms. The molecule has 1 atom stereocenters. The third kappa shape index (κ3) is 4.27. The van der Waals surface area contributed by atoms with Gasteiger partial charge in [-0.3, -0.25) is 9.89 Å². The summed E-state index contributed by atoms with van der Waals surface area (Å²) in [5.41, 5.74) is 4.96. The molecule has 0 aliphatic carbocycles. The minimum Gasteiger partial charge on any atom is -0.497 e. The molecule has 0 bridgehead atoms. The van der Waals surface area contributed by atoms with Crippen LogP contribution in [-0.4, -0.2) is 48.9 Å². The van der Waals surface area contributed by atoms with Crippen LogP contribution in [0, 0.1) is 0 Å². The number of aromatic amines is 1. The van der Waals surface area contributed by atoms with Gasteiger partial charge in [-0.15, -0.1) is 0 Å². The zero-order valence-electron chi connectivity index (χ0n) is 20.2. The van der Waals surface area contributed by atoms with Crippen LogP contribution in [0.5, 0.6) is 17.2 Å². The van der Waals surface area contributed by atoms with E-state index in [1.54, 1.807) is 21.3 Å². The molecule has 1 aliphatic rings.